The molecule has 2 aromatic carbocycles. The summed E-state index contributed by atoms with van der Waals surface area (Å²) in [6, 6.07) is 9.05. The van der Waals surface area contributed by atoms with Crippen molar-refractivity contribution in [2.45, 2.75) is 13.8 Å². The number of hydrogen-bond acceptors (Lipinski definition) is 3. The van der Waals surface area contributed by atoms with Gasteiger partial charge in [-0.05, 0) is 36.4 Å². The van der Waals surface area contributed by atoms with Crippen LogP contribution in [0.15, 0.2) is 42.5 Å². The van der Waals surface area contributed by atoms with Crippen LogP contribution in [-0.4, -0.2) is 30.8 Å². The average molecular weight is 389 g/mol. The maximum absolute atomic E-state index is 13.5. The van der Waals surface area contributed by atoms with E-state index in [4.69, 9.17) is 0 Å². The van der Waals surface area contributed by atoms with Gasteiger partial charge < -0.3 is 16.0 Å². The lowest BCUT2D eigenvalue weighted by Gasteiger charge is -2.10. The summed E-state index contributed by atoms with van der Waals surface area (Å²) in [5.41, 5.74) is 0.703. The number of hydrogen-bond donors (Lipinski definition) is 3. The van der Waals surface area contributed by atoms with Gasteiger partial charge in [-0.25, -0.2) is 8.78 Å². The van der Waals surface area contributed by atoms with E-state index in [1.165, 1.54) is 0 Å². The molecular formula is C20H21F2N3O3. The van der Waals surface area contributed by atoms with Crippen molar-refractivity contribution in [3.63, 3.8) is 0 Å². The number of benzene rings is 2. The molecule has 0 saturated heterocycles. The smallest absolute Gasteiger partial charge is 0.254 e. The number of amides is 3. The Morgan fingerprint density at radius 2 is 1.50 bits per heavy atom. The molecule has 0 aliphatic heterocycles. The minimum absolute atomic E-state index is 0.0733. The fraction of sp³-hybridized carbons (Fsp3) is 0.250. The molecule has 0 heterocycles. The first-order chi connectivity index (χ1) is 13.3. The van der Waals surface area contributed by atoms with Gasteiger partial charge in [0.25, 0.3) is 11.8 Å². The third kappa shape index (κ3) is 5.87. The Bertz CT molecular complexity index is 867. The van der Waals surface area contributed by atoms with Crippen LogP contribution in [0.4, 0.5) is 14.5 Å². The number of nitrogens with one attached hydrogen (secondary N) is 3. The molecule has 0 bridgehead atoms. The summed E-state index contributed by atoms with van der Waals surface area (Å²) in [5.74, 6) is -3.05. The number of carbonyl (C=O) groups excluding carboxylic acids is 3. The molecule has 3 amide bonds. The van der Waals surface area contributed by atoms with Crippen molar-refractivity contribution in [2.75, 3.05) is 18.4 Å². The van der Waals surface area contributed by atoms with Crippen LogP contribution >= 0.6 is 0 Å². The topological polar surface area (TPSA) is 87.3 Å². The Hall–Kier alpha value is -3.29. The standard InChI is InChI=1S/C20H21F2N3O3/c1-12(2)18(26)25-15-6-3-13(4-7-15)19(27)23-9-10-24-20(28)16-8-5-14(21)11-17(16)22/h3-8,11-12H,9-10H2,1-2H3,(H,23,27)(H,24,28)(H,25,26). The molecular weight excluding hydrogens is 368 g/mol. The van der Waals surface area contributed by atoms with Gasteiger partial charge in [-0.1, -0.05) is 13.8 Å². The maximum atomic E-state index is 13.5. The highest BCUT2D eigenvalue weighted by atomic mass is 19.1. The molecule has 2 aromatic rings. The maximum Gasteiger partial charge on any atom is 0.254 e. The number of rotatable bonds is 7. The van der Waals surface area contributed by atoms with E-state index in [2.05, 4.69) is 16.0 Å². The second kappa shape index (κ2) is 9.59. The Labute approximate surface area is 161 Å². The van der Waals surface area contributed by atoms with Crippen LogP contribution in [0.2, 0.25) is 0 Å². The lowest BCUT2D eigenvalue weighted by Crippen LogP contribution is -2.35. The second-order valence-electron chi connectivity index (χ2n) is 6.36. The third-order valence-corrected chi connectivity index (χ3v) is 3.81. The minimum atomic E-state index is -0.953. The van der Waals surface area contributed by atoms with Gasteiger partial charge >= 0.3 is 0 Å². The Morgan fingerprint density at radius 1 is 0.893 bits per heavy atom. The normalized spacial score (nSPS) is 10.5. The van der Waals surface area contributed by atoms with E-state index >= 15 is 0 Å². The first kappa shape index (κ1) is 21.0. The van der Waals surface area contributed by atoms with Crippen LogP contribution in [0.25, 0.3) is 0 Å². The second-order valence-corrected chi connectivity index (χ2v) is 6.36. The Balaban J connectivity index is 1.79. The van der Waals surface area contributed by atoms with E-state index in [0.717, 1.165) is 12.1 Å². The molecule has 0 aliphatic carbocycles. The average Bonchev–Trinajstić information content (AvgIpc) is 2.65. The molecule has 2 rings (SSSR count). The zero-order valence-electron chi connectivity index (χ0n) is 15.5. The molecule has 0 atom stereocenters. The van der Waals surface area contributed by atoms with Crippen LogP contribution < -0.4 is 16.0 Å². The molecule has 0 aliphatic rings. The molecule has 148 valence electrons. The highest BCUT2D eigenvalue weighted by molar-refractivity contribution is 5.96. The van der Waals surface area contributed by atoms with Crippen LogP contribution in [0, 0.1) is 17.6 Å². The summed E-state index contributed by atoms with van der Waals surface area (Å²) < 4.78 is 26.4. The van der Waals surface area contributed by atoms with Gasteiger partial charge in [0.1, 0.15) is 11.6 Å². The molecule has 0 fully saturated rings. The van der Waals surface area contributed by atoms with E-state index in [9.17, 15) is 23.2 Å². The lowest BCUT2D eigenvalue weighted by molar-refractivity contribution is -0.118. The SMILES string of the molecule is CC(C)C(=O)Nc1ccc(C(=O)NCCNC(=O)c2ccc(F)cc2F)cc1. The third-order valence-electron chi connectivity index (χ3n) is 3.81. The van der Waals surface area contributed by atoms with Gasteiger partial charge in [-0.2, -0.15) is 0 Å². The predicted octanol–water partition coefficient (Wildman–Crippen LogP) is 2.72. The molecule has 0 spiro atoms. The van der Waals surface area contributed by atoms with Crippen molar-refractivity contribution in [3.8, 4) is 0 Å². The van der Waals surface area contributed by atoms with E-state index < -0.39 is 17.5 Å². The summed E-state index contributed by atoms with van der Waals surface area (Å²) in [4.78, 5) is 35.6. The fourth-order valence-electron chi connectivity index (χ4n) is 2.21. The van der Waals surface area contributed by atoms with Crippen LogP contribution in [0.3, 0.4) is 0 Å². The van der Waals surface area contributed by atoms with Crippen molar-refractivity contribution in [1.82, 2.24) is 10.6 Å². The molecule has 6 nitrogen and oxygen atoms in total. The summed E-state index contributed by atoms with van der Waals surface area (Å²) in [6.45, 7) is 3.75. The minimum Gasteiger partial charge on any atom is -0.350 e. The van der Waals surface area contributed by atoms with Crippen molar-refractivity contribution in [3.05, 3.63) is 65.2 Å². The molecule has 0 saturated carbocycles. The van der Waals surface area contributed by atoms with Crippen LogP contribution in [0.1, 0.15) is 34.6 Å². The Morgan fingerprint density at radius 3 is 2.07 bits per heavy atom. The van der Waals surface area contributed by atoms with Gasteiger partial charge in [0.05, 0.1) is 5.56 Å². The molecule has 28 heavy (non-hydrogen) atoms. The summed E-state index contributed by atoms with van der Waals surface area (Å²) in [7, 11) is 0. The number of carbonyl (C=O) groups is 3. The van der Waals surface area contributed by atoms with Crippen molar-refractivity contribution in [1.29, 1.82) is 0 Å². The summed E-state index contributed by atoms with van der Waals surface area (Å²) in [6.07, 6.45) is 0. The fourth-order valence-corrected chi connectivity index (χ4v) is 2.21. The summed E-state index contributed by atoms with van der Waals surface area (Å²) in [5, 5.41) is 7.78. The lowest BCUT2D eigenvalue weighted by atomic mass is 10.1. The van der Waals surface area contributed by atoms with Crippen LogP contribution in [0.5, 0.6) is 0 Å². The van der Waals surface area contributed by atoms with Gasteiger partial charge in [-0.15, -0.1) is 0 Å². The molecule has 0 aromatic heterocycles. The van der Waals surface area contributed by atoms with Gasteiger partial charge in [0.15, 0.2) is 0 Å². The summed E-state index contributed by atoms with van der Waals surface area (Å²) >= 11 is 0. The first-order valence-corrected chi connectivity index (χ1v) is 8.70. The zero-order valence-corrected chi connectivity index (χ0v) is 15.5. The number of anilines is 1. The monoisotopic (exact) mass is 389 g/mol. The highest BCUT2D eigenvalue weighted by Crippen LogP contribution is 2.11. The van der Waals surface area contributed by atoms with Gasteiger partial charge in [-0.3, -0.25) is 14.4 Å². The van der Waals surface area contributed by atoms with Crippen molar-refractivity contribution < 1.29 is 23.2 Å². The molecule has 0 radical (unpaired) electrons. The quantitative estimate of drug-likeness (QED) is 0.637. The van der Waals surface area contributed by atoms with Gasteiger partial charge in [0, 0.05) is 36.3 Å². The van der Waals surface area contributed by atoms with E-state index in [1.807, 2.05) is 0 Å². The molecule has 0 unspecified atom stereocenters. The molecule has 8 heteroatoms. The van der Waals surface area contributed by atoms with Crippen molar-refractivity contribution in [2.24, 2.45) is 5.92 Å². The number of halogens is 2. The Kier molecular flexibility index (Phi) is 7.20. The van der Waals surface area contributed by atoms with Crippen molar-refractivity contribution >= 4 is 23.4 Å². The predicted molar refractivity (Wildman–Crippen MR) is 101 cm³/mol. The van der Waals surface area contributed by atoms with E-state index in [-0.39, 0.29) is 36.4 Å². The van der Waals surface area contributed by atoms with E-state index in [0.29, 0.717) is 17.3 Å². The zero-order chi connectivity index (χ0) is 20.7. The highest BCUT2D eigenvalue weighted by Gasteiger charge is 2.12. The van der Waals surface area contributed by atoms with Gasteiger partial charge in [0.2, 0.25) is 5.91 Å². The largest absolute Gasteiger partial charge is 0.350 e. The van der Waals surface area contributed by atoms with Crippen LogP contribution in [-0.2, 0) is 4.79 Å². The van der Waals surface area contributed by atoms with E-state index in [1.54, 1.807) is 38.1 Å². The first-order valence-electron chi connectivity index (χ1n) is 8.70. The molecule has 3 N–H and O–H groups in total.